The van der Waals surface area contributed by atoms with Gasteiger partial charge >= 0.3 is 0 Å². The molecular formula is C56H72F4N10O6. The van der Waals surface area contributed by atoms with Gasteiger partial charge in [-0.1, -0.05) is 20.8 Å². The average molecular weight is 1060 g/mol. The molecule has 0 radical (unpaired) electrons. The van der Waals surface area contributed by atoms with E-state index < -0.39 is 65.2 Å². The Balaban J connectivity index is 0.880. The molecule has 8 rings (SSSR count). The number of hydrogen-bond donors (Lipinski definition) is 6. The van der Waals surface area contributed by atoms with Gasteiger partial charge in [-0.25, -0.2) is 27.5 Å². The van der Waals surface area contributed by atoms with Crippen molar-refractivity contribution in [2.75, 3.05) is 13.1 Å². The molecule has 2 saturated heterocycles. The molecule has 10 atom stereocenters. The van der Waals surface area contributed by atoms with Gasteiger partial charge in [-0.05, 0) is 133 Å². The lowest BCUT2D eigenvalue weighted by Gasteiger charge is -2.42. The molecule has 2 saturated carbocycles. The zero-order valence-electron chi connectivity index (χ0n) is 44.4. The minimum absolute atomic E-state index is 0.000863. The number of rotatable bonds is 19. The summed E-state index contributed by atoms with van der Waals surface area (Å²) in [7, 11) is 0. The molecule has 20 heteroatoms. The van der Waals surface area contributed by atoms with E-state index in [2.05, 4.69) is 62.0 Å². The molecule has 6 amide bonds. The number of benzene rings is 2. The van der Waals surface area contributed by atoms with E-state index in [1.807, 2.05) is 13.8 Å². The molecule has 6 N–H and O–H groups in total. The normalized spacial score (nSPS) is 23.3. The number of piperidine rings is 2. The number of likely N-dealkylation sites (tertiary alicyclic amines) is 2. The van der Waals surface area contributed by atoms with Crippen molar-refractivity contribution in [1.82, 2.24) is 51.0 Å². The van der Waals surface area contributed by atoms with E-state index in [1.54, 1.807) is 23.6 Å². The highest BCUT2D eigenvalue weighted by Crippen LogP contribution is 2.48. The summed E-state index contributed by atoms with van der Waals surface area (Å²) >= 11 is 0. The second-order valence-electron chi connectivity index (χ2n) is 22.9. The number of nitrogens with one attached hydrogen (secondary N) is 6. The molecule has 0 spiro atoms. The second kappa shape index (κ2) is 23.3. The third kappa shape index (κ3) is 13.3. The van der Waals surface area contributed by atoms with Gasteiger partial charge in [0.15, 0.2) is 0 Å². The predicted molar refractivity (Wildman–Crippen MR) is 275 cm³/mol. The molecule has 4 aromatic rings. The Labute approximate surface area is 441 Å². The van der Waals surface area contributed by atoms with E-state index in [0.717, 1.165) is 49.9 Å². The van der Waals surface area contributed by atoms with Crippen LogP contribution in [0, 0.1) is 58.3 Å². The standard InChI is InChI=1S/C56H72F4N10O6/c1-29(40-21-41(40)53(74)68-45(22-48(71)69-17-9-8-10-30(69)2)55(76)64-33(5)51-62-27-47(66-51)39-16-14-37(58)20-43(39)60)18-34-12-11-31(3)70(28-34)49(72)23-44(67-52(73)35-24-56(6,7)25-35)54(75)63-32(4)50-61-26-46(65-50)38-15-13-36(57)19-42(38)59/h13-16,19-20,26-27,29-35,40-41,44-45H,8-12,17-18,21-25,28H2,1-7H3,(H,61,65)(H,62,66)(H,63,75)(H,64,76)(H,67,73)(H,68,74)/t29?,30-,31-,32-,33-,34?,40?,41?,44-,45-/m0/s1. The summed E-state index contributed by atoms with van der Waals surface area (Å²) in [6.45, 7) is 14.5. The number of aromatic amines is 2. The monoisotopic (exact) mass is 1060 g/mol. The number of carbonyl (C=O) groups excluding carboxylic acids is 6. The summed E-state index contributed by atoms with van der Waals surface area (Å²) < 4.78 is 56.4. The summed E-state index contributed by atoms with van der Waals surface area (Å²) in [4.78, 5) is 102. The van der Waals surface area contributed by atoms with Gasteiger partial charge in [-0.3, -0.25) is 28.8 Å². The second-order valence-corrected chi connectivity index (χ2v) is 22.9. The first kappa shape index (κ1) is 55.6. The lowest BCUT2D eigenvalue weighted by atomic mass is 9.64. The maximum atomic E-state index is 14.6. The summed E-state index contributed by atoms with van der Waals surface area (Å²) in [5, 5.41) is 11.5. The zero-order chi connectivity index (χ0) is 54.7. The van der Waals surface area contributed by atoms with E-state index in [-0.39, 0.29) is 100 Å². The van der Waals surface area contributed by atoms with E-state index in [0.29, 0.717) is 56.8 Å². The molecule has 4 aliphatic rings. The van der Waals surface area contributed by atoms with Gasteiger partial charge < -0.3 is 41.0 Å². The van der Waals surface area contributed by atoms with Crippen LogP contribution < -0.4 is 21.3 Å². The highest BCUT2D eigenvalue weighted by Gasteiger charge is 2.48. The van der Waals surface area contributed by atoms with E-state index in [4.69, 9.17) is 0 Å². The van der Waals surface area contributed by atoms with Crippen molar-refractivity contribution in [3.8, 4) is 22.5 Å². The maximum absolute atomic E-state index is 14.6. The van der Waals surface area contributed by atoms with E-state index >= 15 is 0 Å². The Morgan fingerprint density at radius 2 is 1.20 bits per heavy atom. The lowest BCUT2D eigenvalue weighted by molar-refractivity contribution is -0.141. The van der Waals surface area contributed by atoms with Gasteiger partial charge in [-0.15, -0.1) is 0 Å². The van der Waals surface area contributed by atoms with Crippen molar-refractivity contribution in [3.63, 3.8) is 0 Å². The molecule has 4 fully saturated rings. The van der Waals surface area contributed by atoms with Gasteiger partial charge in [-0.2, -0.15) is 0 Å². The first-order chi connectivity index (χ1) is 36.0. The van der Waals surface area contributed by atoms with E-state index in [1.165, 1.54) is 24.5 Å². The molecule has 76 heavy (non-hydrogen) atoms. The number of aromatic nitrogens is 4. The van der Waals surface area contributed by atoms with Crippen LogP contribution in [0.5, 0.6) is 0 Å². The van der Waals surface area contributed by atoms with Crippen molar-refractivity contribution >= 4 is 35.4 Å². The first-order valence-electron chi connectivity index (χ1n) is 26.8. The molecule has 16 nitrogen and oxygen atoms in total. The summed E-state index contributed by atoms with van der Waals surface area (Å²) in [5.74, 6) is -5.28. The summed E-state index contributed by atoms with van der Waals surface area (Å²) in [5.41, 5.74) is 0.751. The van der Waals surface area contributed by atoms with Gasteiger partial charge in [0, 0.05) is 60.3 Å². The third-order valence-electron chi connectivity index (χ3n) is 16.2. The van der Waals surface area contributed by atoms with Gasteiger partial charge in [0.25, 0.3) is 0 Å². The van der Waals surface area contributed by atoms with Crippen LogP contribution in [0.1, 0.15) is 143 Å². The Kier molecular flexibility index (Phi) is 17.1. The van der Waals surface area contributed by atoms with Crippen molar-refractivity contribution in [2.24, 2.45) is 35.0 Å². The average Bonchev–Trinajstić information content (AvgIpc) is 3.74. The van der Waals surface area contributed by atoms with Gasteiger partial charge in [0.2, 0.25) is 35.4 Å². The third-order valence-corrected chi connectivity index (χ3v) is 16.2. The number of H-pyrrole nitrogens is 2. The Hall–Kier alpha value is -6.60. The quantitative estimate of drug-likeness (QED) is 0.0506. The number of imidazole rings is 2. The van der Waals surface area contributed by atoms with Crippen LogP contribution in [0.25, 0.3) is 22.5 Å². The Morgan fingerprint density at radius 3 is 1.71 bits per heavy atom. The van der Waals surface area contributed by atoms with Crippen molar-refractivity contribution < 1.29 is 46.3 Å². The number of amides is 6. The molecule has 2 aliphatic heterocycles. The lowest BCUT2D eigenvalue weighted by Crippen LogP contribution is -2.54. The molecule has 0 bridgehead atoms. The largest absolute Gasteiger partial charge is 0.345 e. The fraction of sp³-hybridized carbons (Fsp3) is 0.571. The van der Waals surface area contributed by atoms with E-state index in [9.17, 15) is 46.3 Å². The topological polar surface area (TPSA) is 214 Å². The number of halogens is 4. The fourth-order valence-corrected chi connectivity index (χ4v) is 11.6. The smallest absolute Gasteiger partial charge is 0.243 e. The van der Waals surface area contributed by atoms with Crippen LogP contribution in [0.4, 0.5) is 17.6 Å². The minimum atomic E-state index is -1.20. The molecule has 2 aliphatic carbocycles. The highest BCUT2D eigenvalue weighted by atomic mass is 19.1. The molecule has 410 valence electrons. The number of hydrogen-bond acceptors (Lipinski definition) is 8. The molecule has 4 unspecified atom stereocenters. The van der Waals surface area contributed by atoms with Crippen LogP contribution in [0.3, 0.4) is 0 Å². The SMILES string of the molecule is CC(CC1CC[C@H](C)N(C(=O)C[C@H](NC(=O)C2CC(C)(C)C2)C(=O)N[C@@H](C)c2ncc(-c3ccc(F)cc3F)[nH]2)C1)C1CC1C(=O)N[C@@H](CC(=O)N1CCCC[C@@H]1C)C(=O)N[C@@H](C)c1ncc(-c2ccc(F)cc2F)[nH]1. The van der Waals surface area contributed by atoms with Crippen molar-refractivity contribution in [1.29, 1.82) is 0 Å². The van der Waals surface area contributed by atoms with Crippen LogP contribution in [-0.4, -0.2) is 102 Å². The molecular weight excluding hydrogens is 985 g/mol. The molecule has 4 heterocycles. The predicted octanol–water partition coefficient (Wildman–Crippen LogP) is 7.95. The number of nitrogens with zero attached hydrogens (tertiary/aromatic N) is 4. The van der Waals surface area contributed by atoms with Crippen LogP contribution in [0.15, 0.2) is 48.8 Å². The van der Waals surface area contributed by atoms with Gasteiger partial charge in [0.1, 0.15) is 47.0 Å². The zero-order valence-corrected chi connectivity index (χ0v) is 44.4. The van der Waals surface area contributed by atoms with Gasteiger partial charge in [0.05, 0.1) is 48.7 Å². The van der Waals surface area contributed by atoms with Crippen molar-refractivity contribution in [2.45, 2.75) is 155 Å². The minimum Gasteiger partial charge on any atom is -0.345 e. The Bertz CT molecular complexity index is 2790. The van der Waals surface area contributed by atoms with Crippen molar-refractivity contribution in [3.05, 3.63) is 83.7 Å². The maximum Gasteiger partial charge on any atom is 0.243 e. The highest BCUT2D eigenvalue weighted by molar-refractivity contribution is 5.94. The van der Waals surface area contributed by atoms with Crippen LogP contribution >= 0.6 is 0 Å². The summed E-state index contributed by atoms with van der Waals surface area (Å²) in [6.07, 6.45) is 9.06. The molecule has 2 aromatic carbocycles. The van der Waals surface area contributed by atoms with Crippen LogP contribution in [-0.2, 0) is 28.8 Å². The fourth-order valence-electron chi connectivity index (χ4n) is 11.6. The summed E-state index contributed by atoms with van der Waals surface area (Å²) in [6, 6.07) is 2.38. The van der Waals surface area contributed by atoms with Crippen LogP contribution in [0.2, 0.25) is 0 Å². The molecule has 2 aromatic heterocycles. The number of carbonyl (C=O) groups is 6. The Morgan fingerprint density at radius 1 is 0.684 bits per heavy atom. The first-order valence-corrected chi connectivity index (χ1v) is 26.8.